The van der Waals surface area contributed by atoms with Crippen molar-refractivity contribution in [2.45, 2.75) is 38.6 Å². The molecule has 1 heterocycles. The molecule has 2 rings (SSSR count). The summed E-state index contributed by atoms with van der Waals surface area (Å²) in [6.07, 6.45) is 5.06. The van der Waals surface area contributed by atoms with E-state index in [1.807, 2.05) is 21.7 Å². The average Bonchev–Trinajstić information content (AvgIpc) is 2.98. The fourth-order valence-corrected chi connectivity index (χ4v) is 3.36. The van der Waals surface area contributed by atoms with Crippen LogP contribution in [0.4, 0.5) is 4.79 Å². The van der Waals surface area contributed by atoms with Gasteiger partial charge in [0.05, 0.1) is 0 Å². The van der Waals surface area contributed by atoms with Gasteiger partial charge < -0.3 is 14.9 Å². The van der Waals surface area contributed by atoms with Crippen LogP contribution in [0.1, 0.15) is 32.6 Å². The summed E-state index contributed by atoms with van der Waals surface area (Å²) in [5.41, 5.74) is 0. The maximum Gasteiger partial charge on any atom is 0.320 e. The molecule has 0 bridgehead atoms. The highest BCUT2D eigenvalue weighted by Crippen LogP contribution is 2.25. The molecule has 0 spiro atoms. The summed E-state index contributed by atoms with van der Waals surface area (Å²) in [6.45, 7) is 5.06. The summed E-state index contributed by atoms with van der Waals surface area (Å²) in [6, 6.07) is -0.386. The molecule has 6 heteroatoms. The van der Waals surface area contributed by atoms with Gasteiger partial charge in [0.1, 0.15) is 6.04 Å². The third kappa shape index (κ3) is 4.09. The SMILES string of the molecule is CC(C(=O)O)N1CCN(C(=O)N(C)CC2CCCC2)CC1. The van der Waals surface area contributed by atoms with Gasteiger partial charge in [-0.15, -0.1) is 0 Å². The van der Waals surface area contributed by atoms with Crippen LogP contribution in [-0.2, 0) is 4.79 Å². The number of rotatable bonds is 4. The minimum absolute atomic E-state index is 0.0875. The Kier molecular flexibility index (Phi) is 5.45. The zero-order valence-electron chi connectivity index (χ0n) is 13.1. The van der Waals surface area contributed by atoms with E-state index in [2.05, 4.69) is 0 Å². The van der Waals surface area contributed by atoms with Gasteiger partial charge in [-0.1, -0.05) is 12.8 Å². The van der Waals surface area contributed by atoms with Crippen molar-refractivity contribution in [1.82, 2.24) is 14.7 Å². The summed E-state index contributed by atoms with van der Waals surface area (Å²) >= 11 is 0. The Bertz CT molecular complexity index is 374. The number of carbonyl (C=O) groups is 2. The van der Waals surface area contributed by atoms with E-state index in [9.17, 15) is 9.59 Å². The summed E-state index contributed by atoms with van der Waals surface area (Å²) in [5, 5.41) is 9.03. The van der Waals surface area contributed by atoms with Crippen molar-refractivity contribution < 1.29 is 14.7 Å². The second-order valence-electron chi connectivity index (χ2n) is 6.35. The number of hydrogen-bond donors (Lipinski definition) is 1. The lowest BCUT2D eigenvalue weighted by Crippen LogP contribution is -2.55. The molecule has 1 saturated heterocycles. The van der Waals surface area contributed by atoms with Crippen LogP contribution in [0.5, 0.6) is 0 Å². The fraction of sp³-hybridized carbons (Fsp3) is 0.867. The topological polar surface area (TPSA) is 64.1 Å². The first kappa shape index (κ1) is 16.1. The van der Waals surface area contributed by atoms with Gasteiger partial charge in [0.25, 0.3) is 0 Å². The standard InChI is InChI=1S/C15H27N3O3/c1-12(14(19)20)17-7-9-18(10-8-17)15(21)16(2)11-13-5-3-4-6-13/h12-13H,3-11H2,1-2H3,(H,19,20). The van der Waals surface area contributed by atoms with Crippen molar-refractivity contribution in [2.24, 2.45) is 5.92 Å². The van der Waals surface area contributed by atoms with Crippen LogP contribution in [0, 0.1) is 5.92 Å². The van der Waals surface area contributed by atoms with Crippen LogP contribution >= 0.6 is 0 Å². The number of urea groups is 1. The predicted octanol–water partition coefficient (Wildman–Crippen LogP) is 1.32. The molecule has 21 heavy (non-hydrogen) atoms. The second kappa shape index (κ2) is 7.11. The first-order chi connectivity index (χ1) is 9.99. The van der Waals surface area contributed by atoms with E-state index >= 15 is 0 Å². The Morgan fingerprint density at radius 1 is 1.19 bits per heavy atom. The molecule has 6 nitrogen and oxygen atoms in total. The normalized spacial score (nSPS) is 22.3. The molecular weight excluding hydrogens is 270 g/mol. The van der Waals surface area contributed by atoms with Crippen LogP contribution in [0.15, 0.2) is 0 Å². The van der Waals surface area contributed by atoms with Gasteiger partial charge in [-0.25, -0.2) is 4.79 Å². The van der Waals surface area contributed by atoms with Crippen molar-refractivity contribution >= 4 is 12.0 Å². The summed E-state index contributed by atoms with van der Waals surface area (Å²) in [7, 11) is 1.88. The van der Waals surface area contributed by atoms with E-state index in [0.717, 1.165) is 6.54 Å². The predicted molar refractivity (Wildman–Crippen MR) is 80.2 cm³/mol. The van der Waals surface area contributed by atoms with Crippen molar-refractivity contribution in [3.63, 3.8) is 0 Å². The number of aliphatic carboxylic acids is 1. The van der Waals surface area contributed by atoms with E-state index in [1.54, 1.807) is 6.92 Å². The molecule has 1 atom stereocenters. The third-order valence-corrected chi connectivity index (χ3v) is 4.82. The Hall–Kier alpha value is -1.30. The molecule has 1 unspecified atom stereocenters. The lowest BCUT2D eigenvalue weighted by atomic mass is 10.1. The number of hydrogen-bond acceptors (Lipinski definition) is 3. The van der Waals surface area contributed by atoms with Gasteiger partial charge in [0, 0.05) is 39.8 Å². The second-order valence-corrected chi connectivity index (χ2v) is 6.35. The quantitative estimate of drug-likeness (QED) is 0.850. The lowest BCUT2D eigenvalue weighted by Gasteiger charge is -2.38. The van der Waals surface area contributed by atoms with Gasteiger partial charge >= 0.3 is 12.0 Å². The van der Waals surface area contributed by atoms with Crippen LogP contribution < -0.4 is 0 Å². The van der Waals surface area contributed by atoms with Crippen LogP contribution in [-0.4, -0.2) is 77.6 Å². The molecule has 1 aliphatic carbocycles. The first-order valence-electron chi connectivity index (χ1n) is 7.96. The Morgan fingerprint density at radius 2 is 1.76 bits per heavy atom. The summed E-state index contributed by atoms with van der Waals surface area (Å²) < 4.78 is 0. The van der Waals surface area contributed by atoms with Crippen molar-refractivity contribution in [3.05, 3.63) is 0 Å². The largest absolute Gasteiger partial charge is 0.480 e. The number of nitrogens with zero attached hydrogens (tertiary/aromatic N) is 3. The highest BCUT2D eigenvalue weighted by atomic mass is 16.4. The van der Waals surface area contributed by atoms with E-state index in [4.69, 9.17) is 5.11 Å². The Labute approximate surface area is 126 Å². The molecule has 0 aromatic carbocycles. The number of piperazine rings is 1. The molecule has 1 N–H and O–H groups in total. The maximum absolute atomic E-state index is 12.4. The first-order valence-corrected chi connectivity index (χ1v) is 7.96. The van der Waals surface area contributed by atoms with Crippen molar-refractivity contribution in [3.8, 4) is 0 Å². The monoisotopic (exact) mass is 297 g/mol. The molecule has 2 amide bonds. The lowest BCUT2D eigenvalue weighted by molar-refractivity contribution is -0.143. The Morgan fingerprint density at radius 3 is 2.29 bits per heavy atom. The minimum atomic E-state index is -0.798. The minimum Gasteiger partial charge on any atom is -0.480 e. The number of carbonyl (C=O) groups excluding carboxylic acids is 1. The van der Waals surface area contributed by atoms with E-state index in [-0.39, 0.29) is 6.03 Å². The molecular formula is C15H27N3O3. The summed E-state index contributed by atoms with van der Waals surface area (Å²) in [5.74, 6) is -0.139. The van der Waals surface area contributed by atoms with E-state index < -0.39 is 12.0 Å². The zero-order chi connectivity index (χ0) is 15.4. The molecule has 0 aromatic rings. The molecule has 2 aliphatic rings. The van der Waals surface area contributed by atoms with Gasteiger partial charge in [0.15, 0.2) is 0 Å². The highest BCUT2D eigenvalue weighted by molar-refractivity contribution is 5.75. The Balaban J connectivity index is 1.78. The zero-order valence-corrected chi connectivity index (χ0v) is 13.1. The molecule has 0 radical (unpaired) electrons. The van der Waals surface area contributed by atoms with Crippen LogP contribution in [0.25, 0.3) is 0 Å². The van der Waals surface area contributed by atoms with Gasteiger partial charge in [0.2, 0.25) is 0 Å². The van der Waals surface area contributed by atoms with Crippen LogP contribution in [0.2, 0.25) is 0 Å². The molecule has 1 saturated carbocycles. The average molecular weight is 297 g/mol. The van der Waals surface area contributed by atoms with Crippen molar-refractivity contribution in [1.29, 1.82) is 0 Å². The molecule has 2 fully saturated rings. The highest BCUT2D eigenvalue weighted by Gasteiger charge is 2.29. The molecule has 1 aliphatic heterocycles. The van der Waals surface area contributed by atoms with E-state index in [0.29, 0.717) is 32.1 Å². The molecule has 120 valence electrons. The fourth-order valence-electron chi connectivity index (χ4n) is 3.36. The summed E-state index contributed by atoms with van der Waals surface area (Å²) in [4.78, 5) is 29.0. The molecule has 0 aromatic heterocycles. The van der Waals surface area contributed by atoms with Gasteiger partial charge in [-0.05, 0) is 25.7 Å². The van der Waals surface area contributed by atoms with Gasteiger partial charge in [-0.2, -0.15) is 0 Å². The third-order valence-electron chi connectivity index (χ3n) is 4.82. The number of carboxylic acid groups (broad SMARTS) is 1. The number of carboxylic acids is 1. The van der Waals surface area contributed by atoms with E-state index in [1.165, 1.54) is 25.7 Å². The number of amides is 2. The smallest absolute Gasteiger partial charge is 0.320 e. The van der Waals surface area contributed by atoms with Gasteiger partial charge in [-0.3, -0.25) is 9.69 Å². The van der Waals surface area contributed by atoms with Crippen molar-refractivity contribution in [2.75, 3.05) is 39.8 Å². The maximum atomic E-state index is 12.4. The van der Waals surface area contributed by atoms with Crippen LogP contribution in [0.3, 0.4) is 0 Å².